The second-order valence-electron chi connectivity index (χ2n) is 5.15. The van der Waals surface area contributed by atoms with Crippen molar-refractivity contribution in [3.63, 3.8) is 0 Å². The molecule has 1 atom stereocenters. The maximum Gasteiger partial charge on any atom is 0.251 e. The molecule has 22 heavy (non-hydrogen) atoms. The lowest BCUT2D eigenvalue weighted by molar-refractivity contribution is -0.130. The van der Waals surface area contributed by atoms with E-state index in [1.54, 1.807) is 13.0 Å². The van der Waals surface area contributed by atoms with Gasteiger partial charge in [-0.1, -0.05) is 5.16 Å². The van der Waals surface area contributed by atoms with E-state index in [2.05, 4.69) is 10.5 Å². The zero-order chi connectivity index (χ0) is 15.7. The van der Waals surface area contributed by atoms with Gasteiger partial charge in [-0.25, -0.2) is 4.39 Å². The van der Waals surface area contributed by atoms with E-state index < -0.39 is 6.04 Å². The van der Waals surface area contributed by atoms with Crippen LogP contribution in [0.4, 0.5) is 10.1 Å². The van der Waals surface area contributed by atoms with Crippen LogP contribution in [0.2, 0.25) is 0 Å². The Bertz CT molecular complexity index is 711. The fourth-order valence-electron chi connectivity index (χ4n) is 2.30. The molecule has 0 aliphatic carbocycles. The van der Waals surface area contributed by atoms with Crippen molar-refractivity contribution in [1.29, 1.82) is 0 Å². The van der Waals surface area contributed by atoms with E-state index in [-0.39, 0.29) is 24.1 Å². The molecule has 0 unspecified atom stereocenters. The van der Waals surface area contributed by atoms with Gasteiger partial charge in [-0.3, -0.25) is 9.59 Å². The molecule has 3 rings (SSSR count). The highest BCUT2D eigenvalue weighted by molar-refractivity contribution is 6.05. The lowest BCUT2D eigenvalue weighted by Gasteiger charge is -2.38. The largest absolute Gasteiger partial charge is 0.361 e. The second kappa shape index (κ2) is 5.59. The first kappa shape index (κ1) is 14.2. The van der Waals surface area contributed by atoms with Gasteiger partial charge in [0.15, 0.2) is 0 Å². The summed E-state index contributed by atoms with van der Waals surface area (Å²) in [6, 6.07) is 6.77. The Morgan fingerprint density at radius 2 is 2.18 bits per heavy atom. The number of carbonyl (C=O) groups excluding carboxylic acids is 2. The second-order valence-corrected chi connectivity index (χ2v) is 5.15. The minimum Gasteiger partial charge on any atom is -0.361 e. The molecule has 2 amide bonds. The third kappa shape index (κ3) is 2.83. The van der Waals surface area contributed by atoms with Crippen LogP contribution in [0.15, 0.2) is 34.9 Å². The number of anilines is 1. The fourth-order valence-corrected chi connectivity index (χ4v) is 2.30. The van der Waals surface area contributed by atoms with Gasteiger partial charge in [0.05, 0.1) is 18.7 Å². The number of benzene rings is 1. The third-order valence-electron chi connectivity index (χ3n) is 3.42. The number of halogens is 1. The van der Waals surface area contributed by atoms with E-state index in [0.29, 0.717) is 23.7 Å². The number of carbonyl (C=O) groups is 2. The number of amides is 2. The first-order valence-corrected chi connectivity index (χ1v) is 6.81. The fraction of sp³-hybridized carbons (Fsp3) is 0.267. The molecule has 0 bridgehead atoms. The van der Waals surface area contributed by atoms with Crippen LogP contribution in [0.1, 0.15) is 11.5 Å². The summed E-state index contributed by atoms with van der Waals surface area (Å²) >= 11 is 0. The van der Waals surface area contributed by atoms with Crippen LogP contribution in [0.3, 0.4) is 0 Å². The van der Waals surface area contributed by atoms with Crippen molar-refractivity contribution in [2.75, 3.05) is 11.4 Å². The highest BCUT2D eigenvalue weighted by atomic mass is 19.1. The molecule has 7 heteroatoms. The van der Waals surface area contributed by atoms with Crippen molar-refractivity contribution in [1.82, 2.24) is 10.5 Å². The zero-order valence-electron chi connectivity index (χ0n) is 11.9. The van der Waals surface area contributed by atoms with Crippen molar-refractivity contribution in [3.05, 3.63) is 47.6 Å². The number of hydrogen-bond donors (Lipinski definition) is 1. The van der Waals surface area contributed by atoms with Gasteiger partial charge >= 0.3 is 0 Å². The summed E-state index contributed by atoms with van der Waals surface area (Å²) in [5.74, 6) is -0.226. The van der Waals surface area contributed by atoms with Gasteiger partial charge in [0, 0.05) is 11.8 Å². The van der Waals surface area contributed by atoms with Crippen molar-refractivity contribution in [2.45, 2.75) is 19.4 Å². The predicted octanol–water partition coefficient (Wildman–Crippen LogP) is 1.20. The molecule has 2 heterocycles. The minimum atomic E-state index is -0.550. The normalized spacial score (nSPS) is 17.3. The van der Waals surface area contributed by atoms with Gasteiger partial charge in [-0.15, -0.1) is 0 Å². The molecular weight excluding hydrogens is 289 g/mol. The smallest absolute Gasteiger partial charge is 0.251 e. The van der Waals surface area contributed by atoms with Gasteiger partial charge in [0.25, 0.3) is 5.91 Å². The summed E-state index contributed by atoms with van der Waals surface area (Å²) in [5.41, 5.74) is 1.14. The average Bonchev–Trinajstić information content (AvgIpc) is 2.89. The standard InChI is InChI=1S/C15H14FN3O3/c1-9-6-11(18-22-9)7-14(20)17-13-8-19(15(13)21)12-4-2-10(16)3-5-12/h2-6,13H,7-8H2,1H3,(H,17,20)/t13-/m0/s1. The molecule has 1 aromatic carbocycles. The molecule has 1 N–H and O–H groups in total. The van der Waals surface area contributed by atoms with Gasteiger partial charge < -0.3 is 14.7 Å². The Hall–Kier alpha value is -2.70. The van der Waals surface area contributed by atoms with E-state index in [1.807, 2.05) is 0 Å². The van der Waals surface area contributed by atoms with Crippen molar-refractivity contribution in [3.8, 4) is 0 Å². The summed E-state index contributed by atoms with van der Waals surface area (Å²) in [6.07, 6.45) is 0.0671. The number of β-lactam (4-membered cyclic amide) rings is 1. The molecule has 114 valence electrons. The van der Waals surface area contributed by atoms with Crippen molar-refractivity contribution >= 4 is 17.5 Å². The average molecular weight is 303 g/mol. The van der Waals surface area contributed by atoms with Gasteiger partial charge in [0.1, 0.15) is 17.6 Å². The topological polar surface area (TPSA) is 75.4 Å². The van der Waals surface area contributed by atoms with E-state index in [4.69, 9.17) is 4.52 Å². The lowest BCUT2D eigenvalue weighted by Crippen LogP contribution is -2.64. The van der Waals surface area contributed by atoms with Gasteiger partial charge in [-0.2, -0.15) is 0 Å². The lowest BCUT2D eigenvalue weighted by atomic mass is 10.1. The van der Waals surface area contributed by atoms with E-state index in [9.17, 15) is 14.0 Å². The summed E-state index contributed by atoms with van der Waals surface area (Å²) in [5, 5.41) is 6.38. The predicted molar refractivity (Wildman–Crippen MR) is 75.6 cm³/mol. The molecule has 1 aliphatic rings. The van der Waals surface area contributed by atoms with Crippen LogP contribution >= 0.6 is 0 Å². The molecule has 1 aromatic heterocycles. The van der Waals surface area contributed by atoms with Crippen LogP contribution in [0, 0.1) is 12.7 Å². The summed E-state index contributed by atoms with van der Waals surface area (Å²) in [4.78, 5) is 25.4. The Morgan fingerprint density at radius 1 is 1.45 bits per heavy atom. The van der Waals surface area contributed by atoms with Crippen LogP contribution in [-0.2, 0) is 16.0 Å². The maximum atomic E-state index is 12.9. The van der Waals surface area contributed by atoms with Gasteiger partial charge in [0.2, 0.25) is 5.91 Å². The highest BCUT2D eigenvalue weighted by Gasteiger charge is 2.38. The number of rotatable bonds is 4. The third-order valence-corrected chi connectivity index (χ3v) is 3.42. The molecule has 0 spiro atoms. The molecule has 0 saturated carbocycles. The first-order valence-electron chi connectivity index (χ1n) is 6.81. The SMILES string of the molecule is Cc1cc(CC(=O)N[C@H]2CN(c3ccc(F)cc3)C2=O)no1. The van der Waals surface area contributed by atoms with Crippen LogP contribution in [0.5, 0.6) is 0 Å². The van der Waals surface area contributed by atoms with Crippen molar-refractivity contribution in [2.24, 2.45) is 0 Å². The highest BCUT2D eigenvalue weighted by Crippen LogP contribution is 2.22. The number of aryl methyl sites for hydroxylation is 1. The summed E-state index contributed by atoms with van der Waals surface area (Å²) in [6.45, 7) is 2.11. The van der Waals surface area contributed by atoms with Crippen LogP contribution < -0.4 is 10.2 Å². The summed E-state index contributed by atoms with van der Waals surface area (Å²) in [7, 11) is 0. The number of aromatic nitrogens is 1. The number of nitrogens with zero attached hydrogens (tertiary/aromatic N) is 2. The molecular formula is C15H14FN3O3. The Morgan fingerprint density at radius 3 is 2.77 bits per heavy atom. The van der Waals surface area contributed by atoms with Crippen LogP contribution in [-0.4, -0.2) is 29.6 Å². The monoisotopic (exact) mass is 303 g/mol. The Kier molecular flexibility index (Phi) is 3.62. The molecule has 1 fully saturated rings. The molecule has 0 radical (unpaired) electrons. The molecule has 1 saturated heterocycles. The minimum absolute atomic E-state index is 0.0671. The van der Waals surface area contributed by atoms with E-state index in [1.165, 1.54) is 29.2 Å². The summed E-state index contributed by atoms with van der Waals surface area (Å²) < 4.78 is 17.7. The molecule has 1 aliphatic heterocycles. The Labute approximate surface area is 125 Å². The number of nitrogens with one attached hydrogen (secondary N) is 1. The van der Waals surface area contributed by atoms with Crippen LogP contribution in [0.25, 0.3) is 0 Å². The zero-order valence-corrected chi connectivity index (χ0v) is 11.9. The van der Waals surface area contributed by atoms with Gasteiger partial charge in [-0.05, 0) is 31.2 Å². The number of hydrogen-bond acceptors (Lipinski definition) is 4. The quantitative estimate of drug-likeness (QED) is 0.861. The molecule has 6 nitrogen and oxygen atoms in total. The van der Waals surface area contributed by atoms with Crippen molar-refractivity contribution < 1.29 is 18.5 Å². The molecule has 2 aromatic rings. The Balaban J connectivity index is 1.54. The van der Waals surface area contributed by atoms with E-state index >= 15 is 0 Å². The van der Waals surface area contributed by atoms with E-state index in [0.717, 1.165) is 0 Å². The maximum absolute atomic E-state index is 12.9. The first-order chi connectivity index (χ1) is 10.5.